The van der Waals surface area contributed by atoms with E-state index in [0.717, 1.165) is 13.1 Å². The Morgan fingerprint density at radius 1 is 1.65 bits per heavy atom. The maximum absolute atomic E-state index is 12.1. The largest absolute Gasteiger partial charge is 0.505 e. The van der Waals surface area contributed by atoms with E-state index in [2.05, 4.69) is 10.3 Å². The molecule has 1 atom stereocenters. The Balaban J connectivity index is 0.00000144. The zero-order valence-corrected chi connectivity index (χ0v) is 10.4. The Bertz CT molecular complexity index is 400. The minimum atomic E-state index is -0.202. The number of aromatic nitrogens is 1. The lowest BCUT2D eigenvalue weighted by molar-refractivity contribution is 0.0646. The number of hydrogen-bond acceptors (Lipinski definition) is 4. The number of amides is 1. The molecule has 2 rings (SSSR count). The van der Waals surface area contributed by atoms with Gasteiger partial charge < -0.3 is 15.3 Å². The summed E-state index contributed by atoms with van der Waals surface area (Å²) < 4.78 is 0. The maximum atomic E-state index is 12.1. The van der Waals surface area contributed by atoms with Gasteiger partial charge in [-0.15, -0.1) is 12.4 Å². The van der Waals surface area contributed by atoms with Crippen molar-refractivity contribution in [2.24, 2.45) is 0 Å². The summed E-state index contributed by atoms with van der Waals surface area (Å²) in [7, 11) is 0. The van der Waals surface area contributed by atoms with Crippen LogP contribution in [0, 0.1) is 0 Å². The van der Waals surface area contributed by atoms with Crippen molar-refractivity contribution in [3.05, 3.63) is 24.0 Å². The fourth-order valence-electron chi connectivity index (χ4n) is 1.84. The highest BCUT2D eigenvalue weighted by Gasteiger charge is 2.26. The van der Waals surface area contributed by atoms with Crippen LogP contribution in [0.25, 0.3) is 0 Å². The first-order chi connectivity index (χ1) is 7.70. The molecule has 6 heteroatoms. The second-order valence-corrected chi connectivity index (χ2v) is 3.92. The molecule has 0 bridgehead atoms. The second-order valence-electron chi connectivity index (χ2n) is 3.92. The average molecular weight is 258 g/mol. The summed E-state index contributed by atoms with van der Waals surface area (Å²) in [6.07, 6.45) is 1.51. The third-order valence-electron chi connectivity index (χ3n) is 2.75. The molecule has 1 aromatic heterocycles. The van der Waals surface area contributed by atoms with Crippen molar-refractivity contribution in [2.75, 3.05) is 19.6 Å². The van der Waals surface area contributed by atoms with E-state index in [1.807, 2.05) is 6.92 Å². The summed E-state index contributed by atoms with van der Waals surface area (Å²) in [6.45, 7) is 4.18. The summed E-state index contributed by atoms with van der Waals surface area (Å²) >= 11 is 0. The zero-order chi connectivity index (χ0) is 11.5. The van der Waals surface area contributed by atoms with Gasteiger partial charge in [-0.1, -0.05) is 0 Å². The van der Waals surface area contributed by atoms with Crippen molar-refractivity contribution >= 4 is 18.3 Å². The van der Waals surface area contributed by atoms with Crippen molar-refractivity contribution in [1.82, 2.24) is 15.2 Å². The highest BCUT2D eigenvalue weighted by atomic mass is 35.5. The van der Waals surface area contributed by atoms with E-state index < -0.39 is 0 Å². The lowest BCUT2D eigenvalue weighted by Gasteiger charge is -2.33. The lowest BCUT2D eigenvalue weighted by Crippen LogP contribution is -2.52. The average Bonchev–Trinajstić information content (AvgIpc) is 2.29. The van der Waals surface area contributed by atoms with Gasteiger partial charge in [-0.3, -0.25) is 4.79 Å². The lowest BCUT2D eigenvalue weighted by atomic mass is 10.2. The first-order valence-corrected chi connectivity index (χ1v) is 5.36. The Hall–Kier alpha value is -1.33. The molecule has 1 saturated heterocycles. The second kappa shape index (κ2) is 5.84. The first-order valence-electron chi connectivity index (χ1n) is 5.36. The van der Waals surface area contributed by atoms with Gasteiger partial charge in [0.05, 0.1) is 0 Å². The highest BCUT2D eigenvalue weighted by Crippen LogP contribution is 2.16. The maximum Gasteiger partial charge on any atom is 0.276 e. The molecule has 1 fully saturated rings. The molecule has 2 N–H and O–H groups in total. The predicted molar refractivity (Wildman–Crippen MR) is 66.5 cm³/mol. The summed E-state index contributed by atoms with van der Waals surface area (Å²) in [6, 6.07) is 3.21. The topological polar surface area (TPSA) is 65.5 Å². The van der Waals surface area contributed by atoms with Crippen LogP contribution in [-0.4, -0.2) is 46.6 Å². The van der Waals surface area contributed by atoms with Crippen LogP contribution in [0.1, 0.15) is 17.4 Å². The van der Waals surface area contributed by atoms with E-state index in [1.54, 1.807) is 11.0 Å². The van der Waals surface area contributed by atoms with Crippen LogP contribution in [0.3, 0.4) is 0 Å². The minimum Gasteiger partial charge on any atom is -0.505 e. The van der Waals surface area contributed by atoms with Crippen LogP contribution in [0.2, 0.25) is 0 Å². The van der Waals surface area contributed by atoms with E-state index in [-0.39, 0.29) is 35.8 Å². The summed E-state index contributed by atoms with van der Waals surface area (Å²) in [5, 5.41) is 12.8. The molecule has 0 aromatic carbocycles. The Kier molecular flexibility index (Phi) is 4.72. The first kappa shape index (κ1) is 13.7. The number of hydrogen-bond donors (Lipinski definition) is 2. The molecule has 2 heterocycles. The number of halogens is 1. The monoisotopic (exact) mass is 257 g/mol. The fraction of sp³-hybridized carbons (Fsp3) is 0.455. The Labute approximate surface area is 106 Å². The predicted octanol–water partition coefficient (Wildman–Crippen LogP) is 0.643. The molecule has 0 radical (unpaired) electrons. The normalized spacial score (nSPS) is 19.6. The molecule has 17 heavy (non-hydrogen) atoms. The molecule has 1 amide bonds. The number of nitrogens with zero attached hydrogens (tertiary/aromatic N) is 2. The number of carbonyl (C=O) groups is 1. The van der Waals surface area contributed by atoms with E-state index in [9.17, 15) is 9.90 Å². The molecule has 1 aromatic rings. The van der Waals surface area contributed by atoms with Gasteiger partial charge in [-0.25, -0.2) is 4.98 Å². The molecule has 0 saturated carbocycles. The van der Waals surface area contributed by atoms with Gasteiger partial charge in [-0.05, 0) is 19.1 Å². The smallest absolute Gasteiger partial charge is 0.276 e. The van der Waals surface area contributed by atoms with Gasteiger partial charge in [0.15, 0.2) is 5.69 Å². The summed E-state index contributed by atoms with van der Waals surface area (Å²) in [5.74, 6) is -0.259. The Morgan fingerprint density at radius 2 is 2.41 bits per heavy atom. The molecular weight excluding hydrogens is 242 g/mol. The molecule has 0 aliphatic carbocycles. The highest BCUT2D eigenvalue weighted by molar-refractivity contribution is 5.95. The Morgan fingerprint density at radius 3 is 3.06 bits per heavy atom. The molecular formula is C11H16ClN3O2. The molecule has 5 nitrogen and oxygen atoms in total. The number of aromatic hydroxyl groups is 1. The fourth-order valence-corrected chi connectivity index (χ4v) is 1.84. The third-order valence-corrected chi connectivity index (χ3v) is 2.75. The van der Waals surface area contributed by atoms with E-state index in [1.165, 1.54) is 12.3 Å². The number of rotatable bonds is 1. The molecule has 0 spiro atoms. The number of carbonyl (C=O) groups excluding carboxylic acids is 1. The van der Waals surface area contributed by atoms with E-state index >= 15 is 0 Å². The van der Waals surface area contributed by atoms with Gasteiger partial charge in [0, 0.05) is 31.9 Å². The minimum absolute atomic E-state index is 0. The van der Waals surface area contributed by atoms with Crippen molar-refractivity contribution in [3.8, 4) is 5.75 Å². The summed E-state index contributed by atoms with van der Waals surface area (Å²) in [4.78, 5) is 17.8. The van der Waals surface area contributed by atoms with Crippen LogP contribution in [-0.2, 0) is 0 Å². The van der Waals surface area contributed by atoms with E-state index in [0.29, 0.717) is 6.54 Å². The van der Waals surface area contributed by atoms with Crippen LogP contribution in [0.15, 0.2) is 18.3 Å². The standard InChI is InChI=1S/C11H15N3O2.ClH/c1-8-7-12-5-6-14(8)11(16)10-9(15)3-2-4-13-10;/h2-4,8,12,15H,5-7H2,1H3;1H. The molecule has 1 unspecified atom stereocenters. The van der Waals surface area contributed by atoms with Crippen LogP contribution in [0.5, 0.6) is 5.75 Å². The van der Waals surface area contributed by atoms with Gasteiger partial charge in [0.1, 0.15) is 5.75 Å². The number of pyridine rings is 1. The van der Waals surface area contributed by atoms with Gasteiger partial charge in [0.2, 0.25) is 0 Å². The number of piperazine rings is 1. The molecule has 1 aliphatic heterocycles. The van der Waals surface area contributed by atoms with Gasteiger partial charge >= 0.3 is 0 Å². The van der Waals surface area contributed by atoms with E-state index in [4.69, 9.17) is 0 Å². The van der Waals surface area contributed by atoms with Crippen molar-refractivity contribution in [2.45, 2.75) is 13.0 Å². The third kappa shape index (κ3) is 2.87. The van der Waals surface area contributed by atoms with Crippen LogP contribution < -0.4 is 5.32 Å². The van der Waals surface area contributed by atoms with Crippen LogP contribution >= 0.6 is 12.4 Å². The van der Waals surface area contributed by atoms with Gasteiger partial charge in [-0.2, -0.15) is 0 Å². The summed E-state index contributed by atoms with van der Waals surface area (Å²) in [5.41, 5.74) is 0.135. The van der Waals surface area contributed by atoms with Crippen LogP contribution in [0.4, 0.5) is 0 Å². The number of nitrogens with one attached hydrogen (secondary N) is 1. The van der Waals surface area contributed by atoms with Crippen molar-refractivity contribution < 1.29 is 9.90 Å². The zero-order valence-electron chi connectivity index (χ0n) is 9.59. The van der Waals surface area contributed by atoms with Crippen molar-refractivity contribution in [3.63, 3.8) is 0 Å². The SMILES string of the molecule is CC1CNCCN1C(=O)c1ncccc1O.Cl. The molecule has 1 aliphatic rings. The van der Waals surface area contributed by atoms with Gasteiger partial charge in [0.25, 0.3) is 5.91 Å². The van der Waals surface area contributed by atoms with Crippen molar-refractivity contribution in [1.29, 1.82) is 0 Å². The quantitative estimate of drug-likeness (QED) is 0.775. The molecule has 94 valence electrons.